The molecule has 1 fully saturated rings. The van der Waals surface area contributed by atoms with Crippen molar-refractivity contribution in [3.05, 3.63) is 35.0 Å². The maximum absolute atomic E-state index is 13.0. The first-order chi connectivity index (χ1) is 15.0. The number of nitrogens with zero attached hydrogens (tertiary/aromatic N) is 2. The average Bonchev–Trinajstić information content (AvgIpc) is 3.09. The zero-order chi connectivity index (χ0) is 22.0. The zero-order valence-corrected chi connectivity index (χ0v) is 18.8. The minimum absolute atomic E-state index is 0.0389. The van der Waals surface area contributed by atoms with E-state index in [0.717, 1.165) is 32.0 Å². The van der Waals surface area contributed by atoms with Crippen LogP contribution < -0.4 is 5.32 Å². The van der Waals surface area contributed by atoms with Gasteiger partial charge < -0.3 is 24.3 Å². The molecule has 31 heavy (non-hydrogen) atoms. The van der Waals surface area contributed by atoms with Crippen LogP contribution in [-0.2, 0) is 29.4 Å². The van der Waals surface area contributed by atoms with Gasteiger partial charge in [-0.1, -0.05) is 0 Å². The Balaban J connectivity index is 1.53. The molecular formula is C24H33N3O4. The van der Waals surface area contributed by atoms with E-state index in [1.54, 1.807) is 11.9 Å². The average molecular weight is 428 g/mol. The number of fused-ring (bicyclic) bond motifs is 3. The van der Waals surface area contributed by atoms with Gasteiger partial charge in [0.05, 0.1) is 7.11 Å². The smallest absolute Gasteiger partial charge is 0.406 e. The molecule has 1 N–H and O–H groups in total. The van der Waals surface area contributed by atoms with Crippen molar-refractivity contribution in [2.45, 2.75) is 32.1 Å². The molecule has 2 amide bonds. The van der Waals surface area contributed by atoms with E-state index in [-0.39, 0.29) is 5.91 Å². The number of aryl methyl sites for hydroxylation is 1. The molecule has 2 heterocycles. The van der Waals surface area contributed by atoms with E-state index in [4.69, 9.17) is 4.74 Å². The van der Waals surface area contributed by atoms with Crippen LogP contribution in [-0.4, -0.2) is 61.9 Å². The number of ether oxygens (including phenoxy) is 2. The highest BCUT2D eigenvalue weighted by molar-refractivity contribution is 5.99. The summed E-state index contributed by atoms with van der Waals surface area (Å²) in [5, 5.41) is 3.82. The lowest BCUT2D eigenvalue weighted by Crippen LogP contribution is -2.36. The maximum atomic E-state index is 13.0. The lowest BCUT2D eigenvalue weighted by Gasteiger charge is -2.33. The van der Waals surface area contributed by atoms with Crippen LogP contribution in [0.1, 0.15) is 40.9 Å². The van der Waals surface area contributed by atoms with Gasteiger partial charge in [-0.05, 0) is 67.7 Å². The molecule has 2 aliphatic rings. The van der Waals surface area contributed by atoms with Gasteiger partial charge in [-0.25, -0.2) is 4.79 Å². The van der Waals surface area contributed by atoms with E-state index >= 15 is 0 Å². The number of rotatable bonds is 5. The molecule has 1 aliphatic carbocycles. The second kappa shape index (κ2) is 9.30. The molecule has 2 aromatic rings. The fourth-order valence-electron chi connectivity index (χ4n) is 5.25. The molecule has 0 saturated carbocycles. The lowest BCUT2D eigenvalue weighted by atomic mass is 9.75. The molecule has 0 bridgehead atoms. The molecular weight excluding hydrogens is 394 g/mol. The topological polar surface area (TPSA) is 72.8 Å². The van der Waals surface area contributed by atoms with Crippen LogP contribution in [0.4, 0.5) is 4.79 Å². The Bertz CT molecular complexity index is 961. The third kappa shape index (κ3) is 4.42. The molecule has 7 nitrogen and oxygen atoms in total. The van der Waals surface area contributed by atoms with Crippen LogP contribution in [0, 0.1) is 11.8 Å². The Kier molecular flexibility index (Phi) is 6.51. The minimum Gasteiger partial charge on any atom is -0.453 e. The van der Waals surface area contributed by atoms with Crippen LogP contribution in [0.5, 0.6) is 0 Å². The summed E-state index contributed by atoms with van der Waals surface area (Å²) in [6, 6.07) is 6.05. The highest BCUT2D eigenvalue weighted by atomic mass is 16.5. The maximum Gasteiger partial charge on any atom is 0.406 e. The SMILES string of the molecule is COC(=O)NCCN(C)C(=O)c1ccc2c(c1)c1c(n2C)CCC(C2CCOCC2)C1. The Morgan fingerprint density at radius 1 is 1.23 bits per heavy atom. The van der Waals surface area contributed by atoms with E-state index in [0.29, 0.717) is 24.6 Å². The minimum atomic E-state index is -0.489. The third-order valence-corrected chi connectivity index (χ3v) is 7.08. The number of likely N-dealkylation sites (N-methyl/N-ethyl adjacent to an activating group) is 1. The second-order valence-corrected chi connectivity index (χ2v) is 8.81. The van der Waals surface area contributed by atoms with Gasteiger partial charge in [0.1, 0.15) is 0 Å². The normalized spacial score (nSPS) is 19.1. The number of benzene rings is 1. The van der Waals surface area contributed by atoms with Gasteiger partial charge in [0.2, 0.25) is 0 Å². The van der Waals surface area contributed by atoms with E-state index in [1.165, 1.54) is 48.5 Å². The summed E-state index contributed by atoms with van der Waals surface area (Å²) in [6.45, 7) is 2.55. The predicted octanol–water partition coefficient (Wildman–Crippen LogP) is 3.14. The van der Waals surface area contributed by atoms with Crippen LogP contribution in [0.2, 0.25) is 0 Å². The number of nitrogens with one attached hydrogen (secondary N) is 1. The standard InChI is InChI=1S/C24H33N3O4/c1-26(11-10-25-24(29)30-3)23(28)18-5-7-22-20(15-18)19-14-17(4-6-21(19)27(22)2)16-8-12-31-13-9-16/h5,7,15-17H,4,6,8-14H2,1-3H3,(H,25,29). The van der Waals surface area contributed by atoms with Crippen LogP contribution in [0.25, 0.3) is 10.9 Å². The van der Waals surface area contributed by atoms with Gasteiger partial charge in [0.15, 0.2) is 0 Å². The summed E-state index contributed by atoms with van der Waals surface area (Å²) < 4.78 is 12.4. The van der Waals surface area contributed by atoms with Crippen molar-refractivity contribution in [2.24, 2.45) is 18.9 Å². The van der Waals surface area contributed by atoms with Crippen LogP contribution >= 0.6 is 0 Å². The van der Waals surface area contributed by atoms with E-state index < -0.39 is 6.09 Å². The lowest BCUT2D eigenvalue weighted by molar-refractivity contribution is 0.0439. The first-order valence-corrected chi connectivity index (χ1v) is 11.2. The largest absolute Gasteiger partial charge is 0.453 e. The number of carbonyl (C=O) groups is 2. The molecule has 1 aromatic heterocycles. The number of methoxy groups -OCH3 is 1. The summed E-state index contributed by atoms with van der Waals surface area (Å²) in [7, 11) is 5.22. The van der Waals surface area contributed by atoms with E-state index in [9.17, 15) is 9.59 Å². The Morgan fingerprint density at radius 2 is 2.00 bits per heavy atom. The summed E-state index contributed by atoms with van der Waals surface area (Å²) in [4.78, 5) is 25.8. The Hall–Kier alpha value is -2.54. The van der Waals surface area contributed by atoms with Crippen molar-refractivity contribution < 1.29 is 19.1 Å². The third-order valence-electron chi connectivity index (χ3n) is 7.08. The first kappa shape index (κ1) is 21.7. The number of aromatic nitrogens is 1. The number of hydrogen-bond acceptors (Lipinski definition) is 4. The van der Waals surface area contributed by atoms with Gasteiger partial charge in [-0.15, -0.1) is 0 Å². The summed E-state index contributed by atoms with van der Waals surface area (Å²) in [6.07, 6.45) is 5.28. The van der Waals surface area contributed by atoms with Crippen molar-refractivity contribution in [3.63, 3.8) is 0 Å². The first-order valence-electron chi connectivity index (χ1n) is 11.2. The Morgan fingerprint density at radius 3 is 2.74 bits per heavy atom. The molecule has 1 aromatic carbocycles. The number of alkyl carbamates (subject to hydrolysis) is 1. The van der Waals surface area contributed by atoms with E-state index in [1.807, 2.05) is 6.07 Å². The molecule has 1 aliphatic heterocycles. The molecule has 4 rings (SSSR count). The van der Waals surface area contributed by atoms with Gasteiger partial charge in [0, 0.05) is 62.6 Å². The fraction of sp³-hybridized carbons (Fsp3) is 0.583. The van der Waals surface area contributed by atoms with Crippen LogP contribution in [0.3, 0.4) is 0 Å². The molecule has 7 heteroatoms. The van der Waals surface area contributed by atoms with E-state index in [2.05, 4.69) is 33.8 Å². The van der Waals surface area contributed by atoms with Crippen molar-refractivity contribution in [1.29, 1.82) is 0 Å². The molecule has 1 atom stereocenters. The highest BCUT2D eigenvalue weighted by Gasteiger charge is 2.31. The summed E-state index contributed by atoms with van der Waals surface area (Å²) >= 11 is 0. The second-order valence-electron chi connectivity index (χ2n) is 8.81. The molecule has 1 unspecified atom stereocenters. The molecule has 0 spiro atoms. The number of carbonyl (C=O) groups excluding carboxylic acids is 2. The van der Waals surface area contributed by atoms with Crippen molar-refractivity contribution in [3.8, 4) is 0 Å². The zero-order valence-electron chi connectivity index (χ0n) is 18.8. The Labute approximate surface area is 183 Å². The van der Waals surface area contributed by atoms with Crippen molar-refractivity contribution >= 4 is 22.9 Å². The van der Waals surface area contributed by atoms with Gasteiger partial charge in [0.25, 0.3) is 5.91 Å². The fourth-order valence-corrected chi connectivity index (χ4v) is 5.25. The molecule has 168 valence electrons. The van der Waals surface area contributed by atoms with Crippen molar-refractivity contribution in [2.75, 3.05) is 40.5 Å². The van der Waals surface area contributed by atoms with Gasteiger partial charge in [-0.3, -0.25) is 4.79 Å². The quantitative estimate of drug-likeness (QED) is 0.796. The van der Waals surface area contributed by atoms with Gasteiger partial charge in [-0.2, -0.15) is 0 Å². The monoisotopic (exact) mass is 427 g/mol. The van der Waals surface area contributed by atoms with Crippen molar-refractivity contribution in [1.82, 2.24) is 14.8 Å². The number of amides is 2. The van der Waals surface area contributed by atoms with Crippen LogP contribution in [0.15, 0.2) is 18.2 Å². The summed E-state index contributed by atoms with van der Waals surface area (Å²) in [5.41, 5.74) is 4.72. The van der Waals surface area contributed by atoms with Gasteiger partial charge >= 0.3 is 6.09 Å². The highest BCUT2D eigenvalue weighted by Crippen LogP contribution is 2.39. The summed E-state index contributed by atoms with van der Waals surface area (Å²) in [5.74, 6) is 1.41. The molecule has 0 radical (unpaired) electrons. The molecule has 1 saturated heterocycles. The predicted molar refractivity (Wildman–Crippen MR) is 119 cm³/mol. The number of hydrogen-bond donors (Lipinski definition) is 1.